The van der Waals surface area contributed by atoms with Gasteiger partial charge in [0.05, 0.1) is 12.7 Å². The molecule has 24 heavy (non-hydrogen) atoms. The Bertz CT molecular complexity index is 623. The van der Waals surface area contributed by atoms with Crippen LogP contribution in [0.4, 0.5) is 0 Å². The molecule has 1 amide bonds. The van der Waals surface area contributed by atoms with Gasteiger partial charge in [-0.2, -0.15) is 0 Å². The minimum absolute atomic E-state index is 0.0383. The number of rotatable bonds is 6. The first-order chi connectivity index (χ1) is 11.5. The molecular formula is C18H23BrN2O3. The Morgan fingerprint density at radius 1 is 1.25 bits per heavy atom. The van der Waals surface area contributed by atoms with Crippen LogP contribution in [0.3, 0.4) is 0 Å². The maximum absolute atomic E-state index is 12.4. The second kappa shape index (κ2) is 7.66. The van der Waals surface area contributed by atoms with Gasteiger partial charge in [0.1, 0.15) is 5.75 Å². The molecule has 3 rings (SSSR count). The van der Waals surface area contributed by atoms with Gasteiger partial charge in [-0.05, 0) is 43.9 Å². The van der Waals surface area contributed by atoms with Crippen LogP contribution in [-0.2, 0) is 4.79 Å². The lowest BCUT2D eigenvalue weighted by Gasteiger charge is -2.29. The van der Waals surface area contributed by atoms with Gasteiger partial charge in [-0.1, -0.05) is 15.9 Å². The van der Waals surface area contributed by atoms with E-state index in [1.807, 2.05) is 6.07 Å². The summed E-state index contributed by atoms with van der Waals surface area (Å²) in [6.45, 7) is 0. The smallest absolute Gasteiger partial charge is 0.220 e. The van der Waals surface area contributed by atoms with E-state index in [2.05, 4.69) is 26.6 Å². The zero-order valence-corrected chi connectivity index (χ0v) is 15.4. The number of fused-ring (bicyclic) bond motifs is 2. The third-order valence-corrected chi connectivity index (χ3v) is 5.37. The third-order valence-electron chi connectivity index (χ3n) is 4.88. The van der Waals surface area contributed by atoms with Crippen molar-refractivity contribution in [3.05, 3.63) is 28.2 Å². The topological polar surface area (TPSA) is 67.4 Å². The van der Waals surface area contributed by atoms with E-state index < -0.39 is 0 Å². The molecule has 0 aliphatic carbocycles. The minimum atomic E-state index is -0.0753. The van der Waals surface area contributed by atoms with Gasteiger partial charge in [0.25, 0.3) is 0 Å². The fourth-order valence-electron chi connectivity index (χ4n) is 3.73. The molecule has 1 aromatic rings. The van der Waals surface area contributed by atoms with Crippen molar-refractivity contribution in [3.8, 4) is 5.75 Å². The predicted octanol–water partition coefficient (Wildman–Crippen LogP) is 2.82. The molecule has 0 spiro atoms. The van der Waals surface area contributed by atoms with Crippen LogP contribution in [0, 0.1) is 0 Å². The highest BCUT2D eigenvalue weighted by atomic mass is 79.9. The summed E-state index contributed by atoms with van der Waals surface area (Å²) in [7, 11) is 1.54. The van der Waals surface area contributed by atoms with Gasteiger partial charge in [0.2, 0.25) is 5.91 Å². The molecule has 2 unspecified atom stereocenters. The Morgan fingerprint density at radius 3 is 2.62 bits per heavy atom. The predicted molar refractivity (Wildman–Crippen MR) is 95.4 cm³/mol. The van der Waals surface area contributed by atoms with E-state index in [9.17, 15) is 9.59 Å². The highest BCUT2D eigenvalue weighted by Crippen LogP contribution is 2.27. The molecule has 5 nitrogen and oxygen atoms in total. The molecule has 0 radical (unpaired) electrons. The molecule has 130 valence electrons. The summed E-state index contributed by atoms with van der Waals surface area (Å²) < 4.78 is 6.05. The van der Waals surface area contributed by atoms with Gasteiger partial charge in [-0.15, -0.1) is 0 Å². The average Bonchev–Trinajstić information content (AvgIpc) is 2.91. The Balaban J connectivity index is 1.51. The van der Waals surface area contributed by atoms with Gasteiger partial charge in [-0.25, -0.2) is 0 Å². The molecule has 2 saturated heterocycles. The second-order valence-corrected chi connectivity index (χ2v) is 7.56. The number of ketones is 1. The van der Waals surface area contributed by atoms with Crippen molar-refractivity contribution in [2.45, 2.75) is 56.7 Å². The van der Waals surface area contributed by atoms with Crippen LogP contribution in [0.15, 0.2) is 22.7 Å². The SMILES string of the molecule is COc1ccc(Br)cc1C(=O)CCC(=O)NC1CC2CCC(C1)N2. The number of benzene rings is 1. The highest BCUT2D eigenvalue weighted by molar-refractivity contribution is 9.10. The lowest BCUT2D eigenvalue weighted by atomic mass is 9.99. The second-order valence-electron chi connectivity index (χ2n) is 6.64. The average molecular weight is 395 g/mol. The zero-order chi connectivity index (χ0) is 17.1. The quantitative estimate of drug-likeness (QED) is 0.727. The van der Waals surface area contributed by atoms with Gasteiger partial charge in [0.15, 0.2) is 5.78 Å². The van der Waals surface area contributed by atoms with E-state index in [4.69, 9.17) is 4.74 Å². The summed E-state index contributed by atoms with van der Waals surface area (Å²) in [5.74, 6) is 0.427. The number of piperidine rings is 1. The number of carbonyl (C=O) groups is 2. The molecule has 2 aliphatic heterocycles. The molecular weight excluding hydrogens is 372 g/mol. The zero-order valence-electron chi connectivity index (χ0n) is 13.8. The van der Waals surface area contributed by atoms with Crippen LogP contribution in [0.25, 0.3) is 0 Å². The number of methoxy groups -OCH3 is 1. The van der Waals surface area contributed by atoms with E-state index in [1.54, 1.807) is 12.1 Å². The summed E-state index contributed by atoms with van der Waals surface area (Å²) >= 11 is 3.36. The van der Waals surface area contributed by atoms with Crippen LogP contribution in [-0.4, -0.2) is 36.9 Å². The Hall–Kier alpha value is -1.40. The number of hydrogen-bond acceptors (Lipinski definition) is 4. The van der Waals surface area contributed by atoms with Crippen LogP contribution < -0.4 is 15.4 Å². The first-order valence-electron chi connectivity index (χ1n) is 8.47. The minimum Gasteiger partial charge on any atom is -0.496 e. The number of nitrogens with one attached hydrogen (secondary N) is 2. The number of ether oxygens (including phenoxy) is 1. The van der Waals surface area contributed by atoms with Gasteiger partial charge in [-0.3, -0.25) is 9.59 Å². The van der Waals surface area contributed by atoms with Gasteiger partial charge >= 0.3 is 0 Å². The molecule has 2 atom stereocenters. The molecule has 0 aromatic heterocycles. The highest BCUT2D eigenvalue weighted by Gasteiger charge is 2.33. The fourth-order valence-corrected chi connectivity index (χ4v) is 4.10. The molecule has 2 bridgehead atoms. The van der Waals surface area contributed by atoms with Crippen LogP contribution >= 0.6 is 15.9 Å². The number of halogens is 1. The van der Waals surface area contributed by atoms with Crippen molar-refractivity contribution in [3.63, 3.8) is 0 Å². The molecule has 2 N–H and O–H groups in total. The molecule has 2 aliphatic rings. The summed E-state index contributed by atoms with van der Waals surface area (Å²) in [4.78, 5) is 24.6. The van der Waals surface area contributed by atoms with Crippen molar-refractivity contribution in [1.29, 1.82) is 0 Å². The van der Waals surface area contributed by atoms with Crippen molar-refractivity contribution in [1.82, 2.24) is 10.6 Å². The van der Waals surface area contributed by atoms with Crippen molar-refractivity contribution >= 4 is 27.6 Å². The molecule has 1 aromatic carbocycles. The molecule has 2 fully saturated rings. The van der Waals surface area contributed by atoms with Crippen molar-refractivity contribution < 1.29 is 14.3 Å². The lowest BCUT2D eigenvalue weighted by molar-refractivity contribution is -0.122. The summed E-state index contributed by atoms with van der Waals surface area (Å²) in [5, 5.41) is 6.65. The van der Waals surface area contributed by atoms with Crippen molar-refractivity contribution in [2.24, 2.45) is 0 Å². The van der Waals surface area contributed by atoms with E-state index in [0.717, 1.165) is 17.3 Å². The van der Waals surface area contributed by atoms with Crippen LogP contribution in [0.5, 0.6) is 5.75 Å². The van der Waals surface area contributed by atoms with Crippen molar-refractivity contribution in [2.75, 3.05) is 7.11 Å². The monoisotopic (exact) mass is 394 g/mol. The fraction of sp³-hybridized carbons (Fsp3) is 0.556. The Labute approximate surface area is 150 Å². The number of Topliss-reactive ketones (excluding diaryl/α,β-unsaturated/α-hetero) is 1. The van der Waals surface area contributed by atoms with Gasteiger partial charge < -0.3 is 15.4 Å². The maximum Gasteiger partial charge on any atom is 0.220 e. The van der Waals surface area contributed by atoms with E-state index in [1.165, 1.54) is 20.0 Å². The van der Waals surface area contributed by atoms with E-state index >= 15 is 0 Å². The van der Waals surface area contributed by atoms with E-state index in [-0.39, 0.29) is 30.6 Å². The largest absolute Gasteiger partial charge is 0.496 e. The third kappa shape index (κ3) is 4.16. The molecule has 2 heterocycles. The molecule has 6 heteroatoms. The standard InChI is InChI=1S/C18H23BrN2O3/c1-24-17-6-2-11(19)8-15(17)16(22)5-7-18(23)21-14-9-12-3-4-13(10-14)20-12/h2,6,8,12-14,20H,3-5,7,9-10H2,1H3,(H,21,23). The number of hydrogen-bond donors (Lipinski definition) is 2. The Kier molecular flexibility index (Phi) is 5.56. The van der Waals surface area contributed by atoms with Crippen LogP contribution in [0.2, 0.25) is 0 Å². The summed E-state index contributed by atoms with van der Waals surface area (Å²) in [5.41, 5.74) is 0.514. The molecule has 0 saturated carbocycles. The summed E-state index contributed by atoms with van der Waals surface area (Å²) in [6.07, 6.45) is 4.81. The lowest BCUT2D eigenvalue weighted by Crippen LogP contribution is -2.48. The number of carbonyl (C=O) groups excluding carboxylic acids is 2. The summed E-state index contributed by atoms with van der Waals surface area (Å²) in [6, 6.07) is 6.65. The first kappa shape index (κ1) is 17.4. The first-order valence-corrected chi connectivity index (χ1v) is 9.26. The maximum atomic E-state index is 12.4. The Morgan fingerprint density at radius 2 is 1.96 bits per heavy atom. The van der Waals surface area contributed by atoms with E-state index in [0.29, 0.717) is 23.4 Å². The normalized spacial score (nSPS) is 25.3. The van der Waals surface area contributed by atoms with Crippen LogP contribution in [0.1, 0.15) is 48.9 Å². The van der Waals surface area contributed by atoms with Gasteiger partial charge in [0, 0.05) is 35.4 Å². The number of amides is 1.